The summed E-state index contributed by atoms with van der Waals surface area (Å²) in [5, 5.41) is 3.82. The standard InChI is InChI=1S/C32H18N8.ClHO3S.Ni/c1-2-10-18-17(9-1)25-33-26(18)38-28-21-13-5-6-14-22(21)30(35-28)40-32-24-16-8-7-15-23(24)31(36-32)39-29-20-12-4-3-11-19(20)27(34-29)37-25;1-5(2,3)4;/h1-16H,(H2,33,34,35,36,37,38,39,40);(H,2,3,4);. The molecule has 0 radical (unpaired) electrons. The van der Waals surface area contributed by atoms with Gasteiger partial charge in [0.15, 0.2) is 23.3 Å². The van der Waals surface area contributed by atoms with E-state index in [0.29, 0.717) is 45.9 Å². The molecule has 8 bridgehead atoms. The summed E-state index contributed by atoms with van der Waals surface area (Å²) >= 11 is 0. The van der Waals surface area contributed by atoms with E-state index in [0.717, 1.165) is 43.8 Å². The van der Waals surface area contributed by atoms with Crippen LogP contribution < -0.4 is 0 Å². The Hall–Kier alpha value is -5.07. The van der Waals surface area contributed by atoms with Crippen molar-refractivity contribution in [3.05, 3.63) is 97.1 Å². The molecule has 0 aliphatic carbocycles. The zero-order valence-corrected chi connectivity index (χ0v) is 25.8. The van der Waals surface area contributed by atoms with E-state index >= 15 is 0 Å². The number of nitrogens with one attached hydrogen (secondary N) is 2. The van der Waals surface area contributed by atoms with Gasteiger partial charge in [0.05, 0.1) is 0 Å². The van der Waals surface area contributed by atoms with Crippen LogP contribution in [0.3, 0.4) is 0 Å². The zero-order chi connectivity index (χ0) is 30.7. The number of fused-ring (bicyclic) bond motifs is 20. The van der Waals surface area contributed by atoms with Crippen LogP contribution in [0.1, 0.15) is 0 Å². The van der Waals surface area contributed by atoms with Crippen molar-refractivity contribution in [2.75, 3.05) is 0 Å². The van der Waals surface area contributed by atoms with Gasteiger partial charge in [0.1, 0.15) is 22.6 Å². The van der Waals surface area contributed by atoms with Crippen LogP contribution >= 0.6 is 10.7 Å². The van der Waals surface area contributed by atoms with Crippen molar-refractivity contribution in [3.8, 4) is 45.6 Å². The van der Waals surface area contributed by atoms with Crippen LogP contribution in [-0.4, -0.2) is 52.8 Å². The largest absolute Gasteiger partial charge is 0.353 e. The molecule has 0 saturated heterocycles. The summed E-state index contributed by atoms with van der Waals surface area (Å²) in [6, 6.07) is 32.2. The fourth-order valence-corrected chi connectivity index (χ4v) is 5.59. The maximum absolute atomic E-state index is 8.95. The van der Waals surface area contributed by atoms with Crippen LogP contribution in [-0.2, 0) is 25.8 Å². The fraction of sp³-hybridized carbons (Fsp3) is 0. The zero-order valence-electron chi connectivity index (χ0n) is 23.3. The van der Waals surface area contributed by atoms with E-state index in [2.05, 4.69) is 20.7 Å². The number of aromatic amines is 2. The van der Waals surface area contributed by atoms with Gasteiger partial charge in [-0.15, -0.1) is 0 Å². The average Bonchev–Trinajstić information content (AvgIpc) is 3.76. The molecule has 0 spiro atoms. The van der Waals surface area contributed by atoms with E-state index in [4.69, 9.17) is 42.9 Å². The van der Waals surface area contributed by atoms with E-state index in [1.165, 1.54) is 0 Å². The van der Waals surface area contributed by atoms with Crippen LogP contribution in [0.2, 0.25) is 0 Å². The van der Waals surface area contributed by atoms with Crippen LogP contribution in [0.4, 0.5) is 0 Å². The van der Waals surface area contributed by atoms with Crippen LogP contribution in [0.5, 0.6) is 0 Å². The molecule has 9 rings (SSSR count). The molecule has 2 aliphatic rings. The third-order valence-electron chi connectivity index (χ3n) is 7.46. The topological polar surface area (TPSA) is 163 Å². The van der Waals surface area contributed by atoms with Crippen molar-refractivity contribution in [2.45, 2.75) is 0 Å². The molecule has 11 nitrogen and oxygen atoms in total. The number of H-pyrrole nitrogens is 2. The van der Waals surface area contributed by atoms with Gasteiger partial charge < -0.3 is 9.97 Å². The minimum absolute atomic E-state index is 0. The minimum Gasteiger partial charge on any atom is -0.324 e. The molecule has 0 saturated carbocycles. The van der Waals surface area contributed by atoms with E-state index < -0.39 is 9.33 Å². The van der Waals surface area contributed by atoms with E-state index in [1.54, 1.807) is 0 Å². The quantitative estimate of drug-likeness (QED) is 0.0874. The van der Waals surface area contributed by atoms with Gasteiger partial charge in [0, 0.05) is 71.0 Å². The van der Waals surface area contributed by atoms with Crippen molar-refractivity contribution < 1.29 is 29.5 Å². The Morgan fingerprint density at radius 2 is 0.674 bits per heavy atom. The first-order valence-corrected chi connectivity index (χ1v) is 15.9. The molecule has 46 heavy (non-hydrogen) atoms. The molecule has 0 unspecified atom stereocenters. The predicted octanol–water partition coefficient (Wildman–Crippen LogP) is 6.89. The second-order valence-electron chi connectivity index (χ2n) is 10.2. The first kappa shape index (κ1) is 29.6. The van der Waals surface area contributed by atoms with Gasteiger partial charge in [0.25, 0.3) is 0 Å². The van der Waals surface area contributed by atoms with Gasteiger partial charge in [0.2, 0.25) is 0 Å². The molecule has 3 N–H and O–H groups in total. The Morgan fingerprint density at radius 1 is 0.457 bits per heavy atom. The summed E-state index contributed by atoms with van der Waals surface area (Å²) in [7, 11) is -0.137. The monoisotopic (exact) mass is 688 g/mol. The molecule has 7 aromatic rings. The molecule has 228 valence electrons. The van der Waals surface area contributed by atoms with Crippen LogP contribution in [0, 0.1) is 0 Å². The molecule has 4 aromatic carbocycles. The maximum atomic E-state index is 8.95. The summed E-state index contributed by atoms with van der Waals surface area (Å²) in [4.78, 5) is 36.8. The van der Waals surface area contributed by atoms with E-state index in [-0.39, 0.29) is 16.5 Å². The van der Waals surface area contributed by atoms with Crippen LogP contribution in [0.25, 0.3) is 89.7 Å². The molecule has 2 aliphatic heterocycles. The van der Waals surface area contributed by atoms with Gasteiger partial charge in [-0.3, -0.25) is 4.55 Å². The number of hydrogen-bond acceptors (Lipinski definition) is 8. The van der Waals surface area contributed by atoms with Crippen molar-refractivity contribution in [2.24, 2.45) is 0 Å². The van der Waals surface area contributed by atoms with Gasteiger partial charge in [-0.25, -0.2) is 29.9 Å². The molecule has 5 heterocycles. The molecule has 0 amide bonds. The number of hydrogen-bond donors (Lipinski definition) is 3. The Labute approximate surface area is 275 Å². The van der Waals surface area contributed by atoms with Crippen molar-refractivity contribution >= 4 is 64.1 Å². The van der Waals surface area contributed by atoms with Gasteiger partial charge in [-0.2, -0.15) is 8.42 Å². The number of rotatable bonds is 0. The molecule has 3 aromatic heterocycles. The van der Waals surface area contributed by atoms with Crippen LogP contribution in [0.15, 0.2) is 97.1 Å². The number of aromatic nitrogens is 8. The summed E-state index contributed by atoms with van der Waals surface area (Å²) in [5.74, 6) is 2.39. The SMILES string of the molecule is O=S(=O)(O)Cl.[Ni].c1ccc2c(c1)-c1nc-2nc2[nH]c(nc3nc(nc4[nH]c(n1)c1ccccc41)-c1ccccc1-3)c1ccccc21. The first-order valence-electron chi connectivity index (χ1n) is 13.7. The van der Waals surface area contributed by atoms with Gasteiger partial charge in [-0.1, -0.05) is 97.1 Å². The third kappa shape index (κ3) is 5.29. The Kier molecular flexibility index (Phi) is 7.33. The van der Waals surface area contributed by atoms with Gasteiger partial charge in [-0.05, 0) is 0 Å². The number of benzene rings is 4. The summed E-state index contributed by atoms with van der Waals surface area (Å²) in [6.45, 7) is 0. The fourth-order valence-electron chi connectivity index (χ4n) is 5.59. The third-order valence-corrected chi connectivity index (χ3v) is 7.46. The predicted molar refractivity (Wildman–Crippen MR) is 173 cm³/mol. The molecule has 0 fully saturated rings. The maximum Gasteiger partial charge on any atom is 0.353 e. The summed E-state index contributed by atoms with van der Waals surface area (Å²) < 4.78 is 25.2. The summed E-state index contributed by atoms with van der Waals surface area (Å²) in [6.07, 6.45) is 0. The molecular weight excluding hydrogens is 671 g/mol. The second kappa shape index (κ2) is 11.4. The number of nitrogens with zero attached hydrogens (tertiary/aromatic N) is 6. The van der Waals surface area contributed by atoms with E-state index in [1.807, 2.05) is 97.1 Å². The molecule has 0 atom stereocenters. The minimum atomic E-state index is -4.19. The van der Waals surface area contributed by atoms with Crippen molar-refractivity contribution in [3.63, 3.8) is 0 Å². The smallest absolute Gasteiger partial charge is 0.324 e. The summed E-state index contributed by atoms with van der Waals surface area (Å²) in [5.41, 5.74) is 6.45. The second-order valence-corrected chi connectivity index (χ2v) is 12.2. The van der Waals surface area contributed by atoms with E-state index in [9.17, 15) is 0 Å². The Bertz CT molecular complexity index is 2300. The van der Waals surface area contributed by atoms with Gasteiger partial charge >= 0.3 is 9.33 Å². The average molecular weight is 690 g/mol. The Balaban J connectivity index is 0.000000526. The molecule has 14 heteroatoms. The Morgan fingerprint density at radius 3 is 0.913 bits per heavy atom. The number of halogens is 1. The van der Waals surface area contributed by atoms with Crippen molar-refractivity contribution in [1.82, 2.24) is 39.9 Å². The first-order chi connectivity index (χ1) is 21.8. The normalized spacial score (nSPS) is 11.7. The molecular formula is C32H19ClN8NiO3S. The van der Waals surface area contributed by atoms with Crippen molar-refractivity contribution in [1.29, 1.82) is 0 Å².